The van der Waals surface area contributed by atoms with Gasteiger partial charge in [-0.3, -0.25) is 14.4 Å². The highest BCUT2D eigenvalue weighted by atomic mass is 35.5. The summed E-state index contributed by atoms with van der Waals surface area (Å²) in [6, 6.07) is 6.83. The minimum absolute atomic E-state index is 0.0905. The quantitative estimate of drug-likeness (QED) is 0.870. The molecule has 1 unspecified atom stereocenters. The van der Waals surface area contributed by atoms with Gasteiger partial charge in [0, 0.05) is 29.7 Å². The SMILES string of the molecule is O=C(N[C@@H]1CC[C@H](C(=O)O)C1)C1CC(=O)N(c2ccc(Cl)cc2)C1. The Bertz CT molecular complexity index is 661. The van der Waals surface area contributed by atoms with E-state index in [2.05, 4.69) is 5.32 Å². The van der Waals surface area contributed by atoms with E-state index < -0.39 is 11.9 Å². The smallest absolute Gasteiger partial charge is 0.306 e. The number of hydrogen-bond acceptors (Lipinski definition) is 3. The average Bonchev–Trinajstić information content (AvgIpc) is 3.15. The van der Waals surface area contributed by atoms with E-state index in [1.807, 2.05) is 0 Å². The number of carbonyl (C=O) groups is 3. The number of rotatable bonds is 4. The number of hydrogen-bond donors (Lipinski definition) is 2. The molecule has 128 valence electrons. The lowest BCUT2D eigenvalue weighted by Crippen LogP contribution is -2.39. The molecule has 0 bridgehead atoms. The summed E-state index contributed by atoms with van der Waals surface area (Å²) in [5, 5.41) is 12.5. The molecule has 6 nitrogen and oxygen atoms in total. The first-order chi connectivity index (χ1) is 11.4. The zero-order chi connectivity index (χ0) is 17.3. The van der Waals surface area contributed by atoms with Crippen molar-refractivity contribution in [1.29, 1.82) is 0 Å². The molecule has 0 spiro atoms. The van der Waals surface area contributed by atoms with E-state index >= 15 is 0 Å². The van der Waals surface area contributed by atoms with Crippen molar-refractivity contribution < 1.29 is 19.5 Å². The third-order valence-electron chi connectivity index (χ3n) is 4.76. The van der Waals surface area contributed by atoms with E-state index in [1.54, 1.807) is 29.2 Å². The number of benzene rings is 1. The van der Waals surface area contributed by atoms with Gasteiger partial charge in [-0.15, -0.1) is 0 Å². The standard InChI is InChI=1S/C17H19ClN2O4/c18-12-2-5-14(6-3-12)20-9-11(8-15(20)21)16(22)19-13-4-1-10(7-13)17(23)24/h2-3,5-6,10-11,13H,1,4,7-9H2,(H,19,22)(H,23,24)/t10-,11?,13+/m0/s1. The van der Waals surface area contributed by atoms with Gasteiger partial charge in [-0.05, 0) is 43.5 Å². The number of carboxylic acids is 1. The first-order valence-corrected chi connectivity index (χ1v) is 8.41. The van der Waals surface area contributed by atoms with Crippen molar-refractivity contribution in [2.45, 2.75) is 31.7 Å². The lowest BCUT2D eigenvalue weighted by molar-refractivity contribution is -0.141. The fourth-order valence-electron chi connectivity index (χ4n) is 3.41. The molecule has 1 saturated carbocycles. The van der Waals surface area contributed by atoms with Crippen LogP contribution in [0.5, 0.6) is 0 Å². The highest BCUT2D eigenvalue weighted by Gasteiger charge is 2.37. The molecular formula is C17H19ClN2O4. The molecule has 3 rings (SSSR count). The monoisotopic (exact) mass is 350 g/mol. The van der Waals surface area contributed by atoms with Crippen molar-refractivity contribution in [1.82, 2.24) is 5.32 Å². The van der Waals surface area contributed by atoms with E-state index in [-0.39, 0.29) is 30.2 Å². The lowest BCUT2D eigenvalue weighted by Gasteiger charge is -2.18. The third kappa shape index (κ3) is 3.53. The summed E-state index contributed by atoms with van der Waals surface area (Å²) in [7, 11) is 0. The molecule has 7 heteroatoms. The molecule has 1 aromatic carbocycles. The average molecular weight is 351 g/mol. The summed E-state index contributed by atoms with van der Waals surface area (Å²) < 4.78 is 0. The van der Waals surface area contributed by atoms with E-state index in [1.165, 1.54) is 0 Å². The van der Waals surface area contributed by atoms with Gasteiger partial charge in [-0.1, -0.05) is 11.6 Å². The highest BCUT2D eigenvalue weighted by molar-refractivity contribution is 6.30. The topological polar surface area (TPSA) is 86.7 Å². The maximum Gasteiger partial charge on any atom is 0.306 e. The van der Waals surface area contributed by atoms with Crippen LogP contribution in [-0.4, -0.2) is 35.5 Å². The summed E-state index contributed by atoms with van der Waals surface area (Å²) in [5.41, 5.74) is 0.728. The molecule has 24 heavy (non-hydrogen) atoms. The summed E-state index contributed by atoms with van der Waals surface area (Å²) in [4.78, 5) is 37.2. The Balaban J connectivity index is 1.58. The maximum atomic E-state index is 12.4. The maximum absolute atomic E-state index is 12.4. The fourth-order valence-corrected chi connectivity index (χ4v) is 3.54. The molecule has 0 aromatic heterocycles. The van der Waals surface area contributed by atoms with Crippen LogP contribution in [0, 0.1) is 11.8 Å². The van der Waals surface area contributed by atoms with Gasteiger partial charge in [0.05, 0.1) is 11.8 Å². The Morgan fingerprint density at radius 3 is 2.50 bits per heavy atom. The van der Waals surface area contributed by atoms with Gasteiger partial charge in [-0.25, -0.2) is 0 Å². The van der Waals surface area contributed by atoms with E-state index in [0.29, 0.717) is 30.8 Å². The Labute approximate surface area is 144 Å². The molecule has 2 N–H and O–H groups in total. The van der Waals surface area contributed by atoms with Gasteiger partial charge < -0.3 is 15.3 Å². The van der Waals surface area contributed by atoms with Crippen LogP contribution in [0.2, 0.25) is 5.02 Å². The van der Waals surface area contributed by atoms with E-state index in [9.17, 15) is 14.4 Å². The molecule has 2 fully saturated rings. The minimum Gasteiger partial charge on any atom is -0.481 e. The summed E-state index contributed by atoms with van der Waals surface area (Å²) >= 11 is 5.85. The largest absolute Gasteiger partial charge is 0.481 e. The van der Waals surface area contributed by atoms with Gasteiger partial charge in [0.2, 0.25) is 11.8 Å². The molecule has 3 atom stereocenters. The fraction of sp³-hybridized carbons (Fsp3) is 0.471. The molecule has 2 amide bonds. The molecule has 1 aliphatic carbocycles. The number of anilines is 1. The zero-order valence-electron chi connectivity index (χ0n) is 13.1. The molecule has 1 aliphatic heterocycles. The van der Waals surface area contributed by atoms with Crippen molar-refractivity contribution in [2.75, 3.05) is 11.4 Å². The highest BCUT2D eigenvalue weighted by Crippen LogP contribution is 2.29. The van der Waals surface area contributed by atoms with Crippen LogP contribution >= 0.6 is 11.6 Å². The van der Waals surface area contributed by atoms with Crippen molar-refractivity contribution in [2.24, 2.45) is 11.8 Å². The van der Waals surface area contributed by atoms with Crippen molar-refractivity contribution in [3.05, 3.63) is 29.3 Å². The van der Waals surface area contributed by atoms with Crippen LogP contribution in [0.15, 0.2) is 24.3 Å². The minimum atomic E-state index is -0.809. The predicted octanol–water partition coefficient (Wildman–Crippen LogP) is 2.06. The Kier molecular flexibility index (Phi) is 4.76. The number of nitrogens with zero attached hydrogens (tertiary/aromatic N) is 1. The predicted molar refractivity (Wildman–Crippen MR) is 88.8 cm³/mol. The number of halogens is 1. The number of carbonyl (C=O) groups excluding carboxylic acids is 2. The van der Waals surface area contributed by atoms with E-state index in [4.69, 9.17) is 16.7 Å². The molecule has 1 saturated heterocycles. The number of aliphatic carboxylic acids is 1. The lowest BCUT2D eigenvalue weighted by atomic mass is 10.1. The normalized spacial score (nSPS) is 26.6. The molecule has 0 radical (unpaired) electrons. The summed E-state index contributed by atoms with van der Waals surface area (Å²) in [5.74, 6) is -1.86. The van der Waals surface area contributed by atoms with E-state index in [0.717, 1.165) is 5.69 Å². The first kappa shape index (κ1) is 16.8. The van der Waals surface area contributed by atoms with Gasteiger partial charge >= 0.3 is 5.97 Å². The Hall–Kier alpha value is -2.08. The van der Waals surface area contributed by atoms with Crippen LogP contribution < -0.4 is 10.2 Å². The second-order valence-corrected chi connectivity index (χ2v) is 6.87. The van der Waals surface area contributed by atoms with Crippen LogP contribution in [0.4, 0.5) is 5.69 Å². The van der Waals surface area contributed by atoms with Crippen molar-refractivity contribution in [3.8, 4) is 0 Å². The molecule has 2 aliphatic rings. The molecule has 1 aromatic rings. The summed E-state index contributed by atoms with van der Waals surface area (Å²) in [6.45, 7) is 0.335. The molecular weight excluding hydrogens is 332 g/mol. The second kappa shape index (κ2) is 6.81. The molecule has 1 heterocycles. The Morgan fingerprint density at radius 2 is 1.88 bits per heavy atom. The van der Waals surface area contributed by atoms with Crippen LogP contribution in [0.25, 0.3) is 0 Å². The second-order valence-electron chi connectivity index (χ2n) is 6.44. The summed E-state index contributed by atoms with van der Waals surface area (Å²) in [6.07, 6.45) is 1.89. The number of carboxylic acid groups (broad SMARTS) is 1. The zero-order valence-corrected chi connectivity index (χ0v) is 13.8. The Morgan fingerprint density at radius 1 is 1.17 bits per heavy atom. The number of amides is 2. The van der Waals surface area contributed by atoms with Gasteiger partial charge in [-0.2, -0.15) is 0 Å². The van der Waals surface area contributed by atoms with Crippen molar-refractivity contribution in [3.63, 3.8) is 0 Å². The first-order valence-electron chi connectivity index (χ1n) is 8.03. The number of nitrogens with one attached hydrogen (secondary N) is 1. The van der Waals surface area contributed by atoms with Gasteiger partial charge in [0.15, 0.2) is 0 Å². The van der Waals surface area contributed by atoms with Crippen LogP contribution in [-0.2, 0) is 14.4 Å². The van der Waals surface area contributed by atoms with Crippen molar-refractivity contribution >= 4 is 35.1 Å². The van der Waals surface area contributed by atoms with Gasteiger partial charge in [0.25, 0.3) is 0 Å². The van der Waals surface area contributed by atoms with Crippen LogP contribution in [0.3, 0.4) is 0 Å². The van der Waals surface area contributed by atoms with Gasteiger partial charge in [0.1, 0.15) is 0 Å². The third-order valence-corrected chi connectivity index (χ3v) is 5.01. The van der Waals surface area contributed by atoms with Crippen LogP contribution in [0.1, 0.15) is 25.7 Å².